The average molecular weight is 264 g/mol. The van der Waals surface area contributed by atoms with Gasteiger partial charge in [0.2, 0.25) is 0 Å². The third-order valence-electron chi connectivity index (χ3n) is 2.71. The molecule has 0 amide bonds. The molecule has 0 aliphatic carbocycles. The van der Waals surface area contributed by atoms with Gasteiger partial charge in [-0.25, -0.2) is 9.18 Å². The first-order valence-electron chi connectivity index (χ1n) is 6.08. The molecular formula is C14H17FN2O2. The molecule has 2 rings (SSSR count). The minimum absolute atomic E-state index is 0.364. The lowest BCUT2D eigenvalue weighted by Crippen LogP contribution is -2.27. The standard InChI is InChI=1S/C14H17FN2O2/c1-8-6-10-9(2)16-17(12(10)7-11(8)15)13(18)19-14(3,4)5/h6-7H,1-5H3. The third-order valence-corrected chi connectivity index (χ3v) is 2.71. The molecule has 5 heteroatoms. The number of nitrogens with zero attached hydrogens (tertiary/aromatic N) is 2. The van der Waals surface area contributed by atoms with Crippen LogP contribution in [0.1, 0.15) is 32.0 Å². The number of aromatic nitrogens is 2. The van der Waals surface area contributed by atoms with Crippen molar-refractivity contribution in [2.24, 2.45) is 0 Å². The molecule has 0 saturated heterocycles. The van der Waals surface area contributed by atoms with E-state index in [9.17, 15) is 9.18 Å². The third kappa shape index (κ3) is 2.59. The Morgan fingerprint density at radius 2 is 1.95 bits per heavy atom. The molecule has 0 N–H and O–H groups in total. The monoisotopic (exact) mass is 264 g/mol. The maximum absolute atomic E-state index is 13.6. The zero-order chi connectivity index (χ0) is 14.4. The number of carbonyl (C=O) groups is 1. The Morgan fingerprint density at radius 1 is 1.32 bits per heavy atom. The lowest BCUT2D eigenvalue weighted by atomic mass is 10.1. The van der Waals surface area contributed by atoms with Crippen LogP contribution >= 0.6 is 0 Å². The van der Waals surface area contributed by atoms with Crippen LogP contribution in [-0.4, -0.2) is 21.5 Å². The van der Waals surface area contributed by atoms with Crippen molar-refractivity contribution in [3.05, 3.63) is 29.2 Å². The predicted octanol–water partition coefficient (Wildman–Crippen LogP) is 3.58. The van der Waals surface area contributed by atoms with Crippen molar-refractivity contribution in [2.75, 3.05) is 0 Å². The number of ether oxygens (including phenoxy) is 1. The first kappa shape index (κ1) is 13.5. The van der Waals surface area contributed by atoms with Gasteiger partial charge < -0.3 is 4.74 Å². The fourth-order valence-electron chi connectivity index (χ4n) is 1.84. The van der Waals surface area contributed by atoms with Crippen molar-refractivity contribution in [2.45, 2.75) is 40.2 Å². The van der Waals surface area contributed by atoms with E-state index in [1.807, 2.05) is 0 Å². The number of hydrogen-bond acceptors (Lipinski definition) is 3. The fourth-order valence-corrected chi connectivity index (χ4v) is 1.84. The van der Waals surface area contributed by atoms with E-state index in [0.717, 1.165) is 10.1 Å². The molecule has 0 saturated carbocycles. The second kappa shape index (κ2) is 4.33. The second-order valence-corrected chi connectivity index (χ2v) is 5.60. The maximum Gasteiger partial charge on any atom is 0.435 e. The molecule has 2 aromatic rings. The molecule has 0 radical (unpaired) electrons. The highest BCUT2D eigenvalue weighted by Crippen LogP contribution is 2.23. The number of benzene rings is 1. The van der Waals surface area contributed by atoms with Gasteiger partial charge in [-0.3, -0.25) is 0 Å². The van der Waals surface area contributed by atoms with Crippen molar-refractivity contribution in [3.63, 3.8) is 0 Å². The van der Waals surface area contributed by atoms with Crippen LogP contribution in [-0.2, 0) is 4.74 Å². The highest BCUT2D eigenvalue weighted by molar-refractivity contribution is 5.90. The van der Waals surface area contributed by atoms with Gasteiger partial charge in [0.15, 0.2) is 0 Å². The molecule has 0 aliphatic rings. The molecule has 102 valence electrons. The summed E-state index contributed by atoms with van der Waals surface area (Å²) >= 11 is 0. The van der Waals surface area contributed by atoms with E-state index in [1.54, 1.807) is 40.7 Å². The molecule has 1 aromatic heterocycles. The van der Waals surface area contributed by atoms with E-state index in [2.05, 4.69) is 5.10 Å². The number of aryl methyl sites for hydroxylation is 2. The normalized spacial score (nSPS) is 11.9. The molecule has 4 nitrogen and oxygen atoms in total. The largest absolute Gasteiger partial charge is 0.442 e. The molecule has 0 fully saturated rings. The number of fused-ring (bicyclic) bond motifs is 1. The molecular weight excluding hydrogens is 247 g/mol. The highest BCUT2D eigenvalue weighted by atomic mass is 19.1. The molecule has 0 spiro atoms. The lowest BCUT2D eigenvalue weighted by Gasteiger charge is -2.19. The maximum atomic E-state index is 13.6. The van der Waals surface area contributed by atoms with Gasteiger partial charge in [-0.2, -0.15) is 9.78 Å². The summed E-state index contributed by atoms with van der Waals surface area (Å²) in [6.07, 6.45) is -0.603. The topological polar surface area (TPSA) is 44.1 Å². The van der Waals surface area contributed by atoms with Crippen LogP contribution < -0.4 is 0 Å². The van der Waals surface area contributed by atoms with Crippen LogP contribution in [0.15, 0.2) is 12.1 Å². The minimum atomic E-state index is -0.619. The summed E-state index contributed by atoms with van der Waals surface area (Å²) < 4.78 is 20.0. The molecule has 19 heavy (non-hydrogen) atoms. The van der Waals surface area contributed by atoms with Gasteiger partial charge in [-0.1, -0.05) is 0 Å². The van der Waals surface area contributed by atoms with Crippen molar-refractivity contribution >= 4 is 17.0 Å². The summed E-state index contributed by atoms with van der Waals surface area (Å²) in [5.41, 5.74) is 1.00. The summed E-state index contributed by atoms with van der Waals surface area (Å²) in [7, 11) is 0. The van der Waals surface area contributed by atoms with Gasteiger partial charge >= 0.3 is 6.09 Å². The first-order chi connectivity index (χ1) is 8.69. The van der Waals surface area contributed by atoms with E-state index < -0.39 is 11.7 Å². The van der Waals surface area contributed by atoms with Crippen LogP contribution in [0.2, 0.25) is 0 Å². The molecule has 0 bridgehead atoms. The Labute approximate surface area is 111 Å². The Balaban J connectivity index is 2.56. The first-order valence-corrected chi connectivity index (χ1v) is 6.08. The van der Waals surface area contributed by atoms with Gasteiger partial charge in [-0.05, 0) is 46.2 Å². The zero-order valence-corrected chi connectivity index (χ0v) is 11.7. The van der Waals surface area contributed by atoms with Crippen LogP contribution in [0.25, 0.3) is 10.9 Å². The molecule has 1 heterocycles. The van der Waals surface area contributed by atoms with Gasteiger partial charge in [0.1, 0.15) is 11.4 Å². The Hall–Kier alpha value is -1.91. The molecule has 0 atom stereocenters. The van der Waals surface area contributed by atoms with Gasteiger partial charge in [0.05, 0.1) is 11.2 Å². The van der Waals surface area contributed by atoms with Crippen molar-refractivity contribution < 1.29 is 13.9 Å². The number of hydrogen-bond donors (Lipinski definition) is 0. The van der Waals surface area contributed by atoms with Crippen LogP contribution in [0, 0.1) is 19.7 Å². The van der Waals surface area contributed by atoms with E-state index in [1.165, 1.54) is 6.07 Å². The van der Waals surface area contributed by atoms with Crippen molar-refractivity contribution in [1.29, 1.82) is 0 Å². The second-order valence-electron chi connectivity index (χ2n) is 5.60. The van der Waals surface area contributed by atoms with E-state index >= 15 is 0 Å². The van der Waals surface area contributed by atoms with Crippen LogP contribution in [0.5, 0.6) is 0 Å². The van der Waals surface area contributed by atoms with Gasteiger partial charge in [0, 0.05) is 11.5 Å². The summed E-state index contributed by atoms with van der Waals surface area (Å²) in [5.74, 6) is -0.364. The Bertz CT molecular complexity index is 653. The summed E-state index contributed by atoms with van der Waals surface area (Å²) in [6, 6.07) is 3.00. The number of rotatable bonds is 0. The van der Waals surface area contributed by atoms with Gasteiger partial charge in [-0.15, -0.1) is 0 Å². The smallest absolute Gasteiger partial charge is 0.435 e. The van der Waals surface area contributed by atoms with E-state index in [4.69, 9.17) is 4.74 Å². The van der Waals surface area contributed by atoms with Crippen molar-refractivity contribution in [1.82, 2.24) is 9.78 Å². The Kier molecular flexibility index (Phi) is 3.08. The summed E-state index contributed by atoms with van der Waals surface area (Å²) in [5, 5.41) is 4.89. The molecule has 1 aromatic carbocycles. The quantitative estimate of drug-likeness (QED) is 0.730. The SMILES string of the molecule is Cc1cc2c(C)nn(C(=O)OC(C)(C)C)c2cc1F. The number of halogens is 1. The summed E-state index contributed by atoms with van der Waals surface area (Å²) in [4.78, 5) is 12.0. The van der Waals surface area contributed by atoms with Gasteiger partial charge in [0.25, 0.3) is 0 Å². The minimum Gasteiger partial charge on any atom is -0.442 e. The lowest BCUT2D eigenvalue weighted by molar-refractivity contribution is 0.0522. The fraction of sp³-hybridized carbons (Fsp3) is 0.429. The van der Waals surface area contributed by atoms with E-state index in [0.29, 0.717) is 16.8 Å². The van der Waals surface area contributed by atoms with Crippen LogP contribution in [0.3, 0.4) is 0 Å². The molecule has 0 aliphatic heterocycles. The molecule has 0 unspecified atom stereocenters. The van der Waals surface area contributed by atoms with Crippen LogP contribution in [0.4, 0.5) is 9.18 Å². The van der Waals surface area contributed by atoms with E-state index in [-0.39, 0.29) is 5.82 Å². The Morgan fingerprint density at radius 3 is 2.53 bits per heavy atom. The zero-order valence-electron chi connectivity index (χ0n) is 11.7. The number of carbonyl (C=O) groups excluding carboxylic acids is 1. The van der Waals surface area contributed by atoms with Crippen molar-refractivity contribution in [3.8, 4) is 0 Å². The average Bonchev–Trinajstić information content (AvgIpc) is 2.55. The predicted molar refractivity (Wildman–Crippen MR) is 70.8 cm³/mol. The summed E-state index contributed by atoms with van der Waals surface area (Å²) in [6.45, 7) is 8.77. The highest BCUT2D eigenvalue weighted by Gasteiger charge is 2.21.